The SMILES string of the molecule is CCNC(=NCCCc1nnc(SC)n1C1CCCC1)NC(C)CCS(C)(=O)=O. The lowest BCUT2D eigenvalue weighted by molar-refractivity contribution is 0.461. The average molecular weight is 445 g/mol. The summed E-state index contributed by atoms with van der Waals surface area (Å²) < 4.78 is 25.0. The van der Waals surface area contributed by atoms with Gasteiger partial charge in [0, 0.05) is 37.8 Å². The topological polar surface area (TPSA) is 101 Å². The largest absolute Gasteiger partial charge is 0.357 e. The maximum atomic E-state index is 11.4. The van der Waals surface area contributed by atoms with Crippen LogP contribution in [-0.4, -0.2) is 66.5 Å². The zero-order chi connectivity index (χ0) is 21.3. The van der Waals surface area contributed by atoms with Crippen molar-refractivity contribution >= 4 is 27.6 Å². The van der Waals surface area contributed by atoms with Gasteiger partial charge in [-0.3, -0.25) is 4.99 Å². The van der Waals surface area contributed by atoms with Crippen LogP contribution in [0.15, 0.2) is 10.1 Å². The van der Waals surface area contributed by atoms with Gasteiger partial charge in [-0.15, -0.1) is 10.2 Å². The van der Waals surface area contributed by atoms with Gasteiger partial charge in [0.2, 0.25) is 0 Å². The Labute approximate surface area is 179 Å². The Bertz CT molecular complexity index is 757. The molecule has 1 aliphatic carbocycles. The van der Waals surface area contributed by atoms with Crippen LogP contribution in [0.3, 0.4) is 0 Å². The molecule has 0 bridgehead atoms. The van der Waals surface area contributed by atoms with E-state index in [1.54, 1.807) is 11.8 Å². The smallest absolute Gasteiger partial charge is 0.191 e. The molecule has 1 aromatic heterocycles. The summed E-state index contributed by atoms with van der Waals surface area (Å²) in [5.74, 6) is 1.97. The Morgan fingerprint density at radius 3 is 2.69 bits per heavy atom. The lowest BCUT2D eigenvalue weighted by Gasteiger charge is -2.18. The zero-order valence-corrected chi connectivity index (χ0v) is 19.8. The molecule has 166 valence electrons. The zero-order valence-electron chi connectivity index (χ0n) is 18.1. The highest BCUT2D eigenvalue weighted by Gasteiger charge is 2.23. The average Bonchev–Trinajstić information content (AvgIpc) is 3.32. The fourth-order valence-corrected chi connectivity index (χ4v) is 4.95. The van der Waals surface area contributed by atoms with Crippen molar-refractivity contribution in [2.75, 3.05) is 31.4 Å². The van der Waals surface area contributed by atoms with Gasteiger partial charge >= 0.3 is 0 Å². The first kappa shape index (κ1) is 24.0. The van der Waals surface area contributed by atoms with E-state index in [4.69, 9.17) is 0 Å². The third-order valence-corrected chi connectivity index (χ3v) is 6.71. The Balaban J connectivity index is 1.89. The highest BCUT2D eigenvalue weighted by molar-refractivity contribution is 7.98. The lowest BCUT2D eigenvalue weighted by atomic mass is 10.2. The molecule has 0 aliphatic heterocycles. The van der Waals surface area contributed by atoms with Crippen LogP contribution >= 0.6 is 11.8 Å². The predicted octanol–water partition coefficient (Wildman–Crippen LogP) is 2.43. The van der Waals surface area contributed by atoms with Gasteiger partial charge in [0.15, 0.2) is 11.1 Å². The van der Waals surface area contributed by atoms with E-state index in [1.807, 2.05) is 13.8 Å². The summed E-state index contributed by atoms with van der Waals surface area (Å²) in [5.41, 5.74) is 0. The molecule has 0 spiro atoms. The highest BCUT2D eigenvalue weighted by Crippen LogP contribution is 2.33. The van der Waals surface area contributed by atoms with Crippen LogP contribution in [0.4, 0.5) is 0 Å². The molecule has 1 aromatic rings. The van der Waals surface area contributed by atoms with Crippen LogP contribution in [-0.2, 0) is 16.3 Å². The Hall–Kier alpha value is -1.29. The first-order chi connectivity index (χ1) is 13.8. The van der Waals surface area contributed by atoms with E-state index in [0.717, 1.165) is 36.3 Å². The lowest BCUT2D eigenvalue weighted by Crippen LogP contribution is -2.42. The molecule has 2 N–H and O–H groups in total. The van der Waals surface area contributed by atoms with Crippen molar-refractivity contribution in [3.8, 4) is 0 Å². The van der Waals surface area contributed by atoms with Crippen molar-refractivity contribution in [1.29, 1.82) is 0 Å². The third kappa shape index (κ3) is 8.16. The van der Waals surface area contributed by atoms with E-state index in [9.17, 15) is 8.42 Å². The number of nitrogens with one attached hydrogen (secondary N) is 2. The minimum Gasteiger partial charge on any atom is -0.357 e. The van der Waals surface area contributed by atoms with E-state index in [-0.39, 0.29) is 11.8 Å². The fourth-order valence-electron chi connectivity index (χ4n) is 3.59. The fraction of sp³-hybridized carbons (Fsp3) is 0.842. The second kappa shape index (κ2) is 11.8. The van der Waals surface area contributed by atoms with Crippen LogP contribution in [0.2, 0.25) is 0 Å². The van der Waals surface area contributed by atoms with Gasteiger partial charge < -0.3 is 15.2 Å². The molecule has 2 rings (SSSR count). The first-order valence-electron chi connectivity index (χ1n) is 10.5. The Morgan fingerprint density at radius 2 is 2.07 bits per heavy atom. The summed E-state index contributed by atoms with van der Waals surface area (Å²) in [5, 5.41) is 16.4. The quantitative estimate of drug-likeness (QED) is 0.234. The Kier molecular flexibility index (Phi) is 9.74. The van der Waals surface area contributed by atoms with Gasteiger partial charge in [0.05, 0.1) is 5.75 Å². The molecular weight excluding hydrogens is 408 g/mol. The first-order valence-corrected chi connectivity index (χ1v) is 13.8. The number of thioether (sulfide) groups is 1. The van der Waals surface area contributed by atoms with Crippen molar-refractivity contribution in [2.45, 2.75) is 76.0 Å². The number of aryl methyl sites for hydroxylation is 1. The van der Waals surface area contributed by atoms with Crippen molar-refractivity contribution in [1.82, 2.24) is 25.4 Å². The van der Waals surface area contributed by atoms with Crippen LogP contribution in [0, 0.1) is 0 Å². The van der Waals surface area contributed by atoms with E-state index in [2.05, 4.69) is 36.6 Å². The molecule has 0 radical (unpaired) electrons. The third-order valence-electron chi connectivity index (χ3n) is 5.08. The summed E-state index contributed by atoms with van der Waals surface area (Å²) >= 11 is 1.67. The molecule has 0 aromatic carbocycles. The molecule has 1 aliphatic rings. The van der Waals surface area contributed by atoms with E-state index < -0.39 is 9.84 Å². The van der Waals surface area contributed by atoms with E-state index in [1.165, 1.54) is 31.9 Å². The molecule has 10 heteroatoms. The second-order valence-electron chi connectivity index (χ2n) is 7.74. The number of sulfone groups is 1. The molecule has 1 fully saturated rings. The van der Waals surface area contributed by atoms with Gasteiger partial charge in [0.1, 0.15) is 15.7 Å². The minimum atomic E-state index is -2.95. The maximum Gasteiger partial charge on any atom is 0.191 e. The number of rotatable bonds is 11. The summed E-state index contributed by atoms with van der Waals surface area (Å²) in [6, 6.07) is 0.581. The normalized spacial score (nSPS) is 16.9. The van der Waals surface area contributed by atoms with Gasteiger partial charge in [-0.1, -0.05) is 24.6 Å². The number of guanidine groups is 1. The number of aromatic nitrogens is 3. The van der Waals surface area contributed by atoms with E-state index in [0.29, 0.717) is 19.0 Å². The molecule has 1 saturated carbocycles. The number of aliphatic imine (C=N–C) groups is 1. The summed E-state index contributed by atoms with van der Waals surface area (Å²) in [7, 11) is -2.95. The van der Waals surface area contributed by atoms with Gasteiger partial charge in [-0.25, -0.2) is 8.42 Å². The van der Waals surface area contributed by atoms with E-state index >= 15 is 0 Å². The molecular formula is C19H36N6O2S2. The molecule has 8 nitrogen and oxygen atoms in total. The Morgan fingerprint density at radius 1 is 1.34 bits per heavy atom. The molecule has 0 amide bonds. The number of hydrogen-bond acceptors (Lipinski definition) is 6. The van der Waals surface area contributed by atoms with Crippen molar-refractivity contribution < 1.29 is 8.42 Å². The van der Waals surface area contributed by atoms with Crippen LogP contribution < -0.4 is 10.6 Å². The van der Waals surface area contributed by atoms with Crippen LogP contribution in [0.5, 0.6) is 0 Å². The second-order valence-corrected chi connectivity index (χ2v) is 10.8. The van der Waals surface area contributed by atoms with Gasteiger partial charge in [-0.05, 0) is 45.8 Å². The van der Waals surface area contributed by atoms with Gasteiger partial charge in [0.25, 0.3) is 0 Å². The molecule has 1 unspecified atom stereocenters. The minimum absolute atomic E-state index is 0.0390. The number of hydrogen-bond donors (Lipinski definition) is 2. The van der Waals surface area contributed by atoms with Crippen LogP contribution in [0.1, 0.15) is 64.2 Å². The van der Waals surface area contributed by atoms with Crippen LogP contribution in [0.25, 0.3) is 0 Å². The van der Waals surface area contributed by atoms with Crippen molar-refractivity contribution in [3.05, 3.63) is 5.82 Å². The molecule has 0 saturated heterocycles. The molecule has 29 heavy (non-hydrogen) atoms. The molecule has 1 atom stereocenters. The highest BCUT2D eigenvalue weighted by atomic mass is 32.2. The monoisotopic (exact) mass is 444 g/mol. The van der Waals surface area contributed by atoms with Crippen molar-refractivity contribution in [2.24, 2.45) is 4.99 Å². The standard InChI is InChI=1S/C19H36N6O2S2/c1-5-20-18(22-15(2)12-14-29(4,26)27)21-13-8-11-17-23-24-19(28-3)25(17)16-9-6-7-10-16/h15-16H,5-14H2,1-4H3,(H2,20,21,22). The maximum absolute atomic E-state index is 11.4. The summed E-state index contributed by atoms with van der Waals surface area (Å²) in [6.07, 6.45) is 10.7. The summed E-state index contributed by atoms with van der Waals surface area (Å²) in [6.45, 7) is 5.44. The predicted molar refractivity (Wildman–Crippen MR) is 121 cm³/mol. The summed E-state index contributed by atoms with van der Waals surface area (Å²) in [4.78, 5) is 4.65. The molecule has 1 heterocycles. The van der Waals surface area contributed by atoms with Gasteiger partial charge in [-0.2, -0.15) is 0 Å². The number of nitrogens with zero attached hydrogens (tertiary/aromatic N) is 4. The van der Waals surface area contributed by atoms with Crippen molar-refractivity contribution in [3.63, 3.8) is 0 Å².